The number of β-lactam (4-membered cyclic amide) rings is 1. The van der Waals surface area contributed by atoms with Crippen molar-refractivity contribution in [1.29, 1.82) is 0 Å². The van der Waals surface area contributed by atoms with E-state index in [1.165, 1.54) is 0 Å². The second kappa shape index (κ2) is 2.45. The summed E-state index contributed by atoms with van der Waals surface area (Å²) in [5, 5.41) is 2.74. The lowest BCUT2D eigenvalue weighted by atomic mass is 10.0. The van der Waals surface area contributed by atoms with E-state index in [-0.39, 0.29) is 30.4 Å². The summed E-state index contributed by atoms with van der Waals surface area (Å²) in [4.78, 5) is 23.7. The number of fused-ring (bicyclic) bond motifs is 1. The predicted molar refractivity (Wildman–Crippen MR) is 41.1 cm³/mol. The smallest absolute Gasteiger partial charge is 0.245 e. The van der Waals surface area contributed by atoms with Gasteiger partial charge in [0.25, 0.3) is 0 Å². The first-order valence-electron chi connectivity index (χ1n) is 4.04. The largest absolute Gasteiger partial charge is 0.349 e. The molecule has 2 amide bonds. The molecule has 12 heavy (non-hydrogen) atoms. The van der Waals surface area contributed by atoms with Crippen LogP contribution in [0.25, 0.3) is 0 Å². The van der Waals surface area contributed by atoms with Crippen LogP contribution in [0.3, 0.4) is 0 Å². The fourth-order valence-electron chi connectivity index (χ4n) is 1.84. The zero-order chi connectivity index (χ0) is 8.72. The third kappa shape index (κ3) is 0.828. The van der Waals surface area contributed by atoms with E-state index in [2.05, 4.69) is 5.32 Å². The quantitative estimate of drug-likeness (QED) is 0.448. The van der Waals surface area contributed by atoms with Gasteiger partial charge < -0.3 is 16.0 Å². The van der Waals surface area contributed by atoms with Crippen molar-refractivity contribution in [3.8, 4) is 0 Å². The number of nitrogens with two attached hydrogens (primary N) is 1. The number of amides is 2. The fraction of sp³-hybridized carbons (Fsp3) is 0.714. The van der Waals surface area contributed by atoms with Crippen LogP contribution in [0, 0.1) is 0 Å². The van der Waals surface area contributed by atoms with Crippen LogP contribution in [0.2, 0.25) is 0 Å². The average molecular weight is 169 g/mol. The first-order valence-corrected chi connectivity index (χ1v) is 4.04. The number of hydrogen-bond donors (Lipinski definition) is 2. The van der Waals surface area contributed by atoms with E-state index in [9.17, 15) is 9.59 Å². The number of likely N-dealkylation sites (tertiary alicyclic amines) is 1. The van der Waals surface area contributed by atoms with Crippen molar-refractivity contribution in [3.05, 3.63) is 0 Å². The van der Waals surface area contributed by atoms with Gasteiger partial charge in [-0.05, 0) is 6.42 Å². The third-order valence-corrected chi connectivity index (χ3v) is 2.49. The van der Waals surface area contributed by atoms with Crippen molar-refractivity contribution in [3.63, 3.8) is 0 Å². The Morgan fingerprint density at radius 3 is 3.08 bits per heavy atom. The molecule has 5 heteroatoms. The van der Waals surface area contributed by atoms with Gasteiger partial charge in [0.2, 0.25) is 11.8 Å². The van der Waals surface area contributed by atoms with E-state index >= 15 is 0 Å². The highest BCUT2D eigenvalue weighted by atomic mass is 16.2. The average Bonchev–Trinajstić information content (AvgIpc) is 2.40. The molecule has 2 saturated heterocycles. The number of nitrogens with zero attached hydrogens (tertiary/aromatic N) is 1. The molecule has 66 valence electrons. The lowest BCUT2D eigenvalue weighted by molar-refractivity contribution is -0.143. The van der Waals surface area contributed by atoms with Gasteiger partial charge in [0.15, 0.2) is 0 Å². The van der Waals surface area contributed by atoms with Crippen LogP contribution in [0.1, 0.15) is 6.42 Å². The van der Waals surface area contributed by atoms with Crippen LogP contribution in [0.5, 0.6) is 0 Å². The second-order valence-electron chi connectivity index (χ2n) is 3.14. The van der Waals surface area contributed by atoms with Crippen molar-refractivity contribution < 1.29 is 9.59 Å². The minimum absolute atomic E-state index is 0.00347. The van der Waals surface area contributed by atoms with E-state index in [1.807, 2.05) is 0 Å². The molecule has 0 saturated carbocycles. The molecule has 0 spiro atoms. The number of carbonyl (C=O) groups is 2. The van der Waals surface area contributed by atoms with Crippen LogP contribution < -0.4 is 11.1 Å². The molecular formula is C7H11N3O2. The first-order chi connectivity index (χ1) is 5.74. The highest BCUT2D eigenvalue weighted by molar-refractivity contribution is 5.94. The van der Waals surface area contributed by atoms with Gasteiger partial charge in [0, 0.05) is 6.54 Å². The molecule has 2 unspecified atom stereocenters. The minimum atomic E-state index is -0.221. The molecular weight excluding hydrogens is 158 g/mol. The van der Waals surface area contributed by atoms with Gasteiger partial charge in [-0.3, -0.25) is 9.59 Å². The third-order valence-electron chi connectivity index (χ3n) is 2.49. The Bertz CT molecular complexity index is 241. The van der Waals surface area contributed by atoms with Crippen molar-refractivity contribution >= 4 is 11.8 Å². The second-order valence-corrected chi connectivity index (χ2v) is 3.14. The van der Waals surface area contributed by atoms with Gasteiger partial charge in [-0.1, -0.05) is 0 Å². The molecule has 2 aliphatic heterocycles. The standard InChI is InChI=1S/C7H11N3O2/c8-3-5(11)10-2-1-4-6(10)7(12)9-4/h4,6H,1-3,8H2,(H,9,12). The molecule has 0 aliphatic carbocycles. The van der Waals surface area contributed by atoms with Gasteiger partial charge in [-0.25, -0.2) is 0 Å². The fourth-order valence-corrected chi connectivity index (χ4v) is 1.84. The first kappa shape index (κ1) is 7.54. The maximum atomic E-state index is 11.2. The summed E-state index contributed by atoms with van der Waals surface area (Å²) in [6, 6.07) is -0.0333. The summed E-state index contributed by atoms with van der Waals surface area (Å²) in [5.74, 6) is -0.170. The van der Waals surface area contributed by atoms with E-state index in [0.717, 1.165) is 6.42 Å². The lowest BCUT2D eigenvalue weighted by Gasteiger charge is -2.35. The molecule has 0 bridgehead atoms. The van der Waals surface area contributed by atoms with Gasteiger partial charge in [-0.2, -0.15) is 0 Å². The molecule has 2 heterocycles. The van der Waals surface area contributed by atoms with Crippen LogP contribution in [0.4, 0.5) is 0 Å². The van der Waals surface area contributed by atoms with Gasteiger partial charge in [0.05, 0.1) is 12.6 Å². The highest BCUT2D eigenvalue weighted by Crippen LogP contribution is 2.24. The SMILES string of the molecule is NCC(=O)N1CCC2NC(=O)C21. The zero-order valence-electron chi connectivity index (χ0n) is 6.62. The number of carbonyl (C=O) groups excluding carboxylic acids is 2. The van der Waals surface area contributed by atoms with E-state index < -0.39 is 0 Å². The van der Waals surface area contributed by atoms with Crippen molar-refractivity contribution in [1.82, 2.24) is 10.2 Å². The number of nitrogens with one attached hydrogen (secondary N) is 1. The molecule has 0 aromatic rings. The van der Waals surface area contributed by atoms with E-state index in [0.29, 0.717) is 6.54 Å². The minimum Gasteiger partial charge on any atom is -0.349 e. The highest BCUT2D eigenvalue weighted by Gasteiger charge is 2.49. The summed E-state index contributed by atoms with van der Waals surface area (Å²) >= 11 is 0. The molecule has 2 fully saturated rings. The van der Waals surface area contributed by atoms with Crippen LogP contribution in [-0.4, -0.2) is 41.9 Å². The summed E-state index contributed by atoms with van der Waals surface area (Å²) < 4.78 is 0. The molecule has 2 atom stereocenters. The predicted octanol–water partition coefficient (Wildman–Crippen LogP) is -1.96. The normalized spacial score (nSPS) is 32.4. The Balaban J connectivity index is 2.08. The number of rotatable bonds is 1. The Morgan fingerprint density at radius 1 is 1.75 bits per heavy atom. The number of hydrogen-bond acceptors (Lipinski definition) is 3. The maximum absolute atomic E-state index is 11.2. The summed E-state index contributed by atoms with van der Waals surface area (Å²) in [5.41, 5.74) is 5.21. The lowest BCUT2D eigenvalue weighted by Crippen LogP contribution is -2.65. The molecule has 0 radical (unpaired) electrons. The molecule has 2 aliphatic rings. The maximum Gasteiger partial charge on any atom is 0.245 e. The van der Waals surface area contributed by atoms with Crippen molar-refractivity contribution in [2.45, 2.75) is 18.5 Å². The van der Waals surface area contributed by atoms with Gasteiger partial charge in [-0.15, -0.1) is 0 Å². The monoisotopic (exact) mass is 169 g/mol. The van der Waals surface area contributed by atoms with E-state index in [4.69, 9.17) is 5.73 Å². The topological polar surface area (TPSA) is 75.4 Å². The molecule has 0 aromatic carbocycles. The van der Waals surface area contributed by atoms with Crippen molar-refractivity contribution in [2.24, 2.45) is 5.73 Å². The molecule has 2 rings (SSSR count). The van der Waals surface area contributed by atoms with E-state index in [1.54, 1.807) is 4.90 Å². The van der Waals surface area contributed by atoms with Gasteiger partial charge in [0.1, 0.15) is 6.04 Å². The Morgan fingerprint density at radius 2 is 2.50 bits per heavy atom. The summed E-state index contributed by atoms with van der Waals surface area (Å²) in [7, 11) is 0. The Hall–Kier alpha value is -1.10. The van der Waals surface area contributed by atoms with Gasteiger partial charge >= 0.3 is 0 Å². The molecule has 3 N–H and O–H groups in total. The summed E-state index contributed by atoms with van der Waals surface area (Å²) in [6.07, 6.45) is 0.863. The Labute approximate surface area is 69.9 Å². The van der Waals surface area contributed by atoms with Crippen LogP contribution in [0.15, 0.2) is 0 Å². The zero-order valence-corrected chi connectivity index (χ0v) is 6.62. The van der Waals surface area contributed by atoms with Crippen molar-refractivity contribution in [2.75, 3.05) is 13.1 Å². The van der Waals surface area contributed by atoms with Crippen LogP contribution in [-0.2, 0) is 9.59 Å². The Kier molecular flexibility index (Phi) is 1.54. The van der Waals surface area contributed by atoms with Crippen LogP contribution >= 0.6 is 0 Å². The molecule has 0 aromatic heterocycles. The summed E-state index contributed by atoms with van der Waals surface area (Å²) in [6.45, 7) is 0.653. The molecule has 5 nitrogen and oxygen atoms in total.